The molecule has 90 valence electrons. The van der Waals surface area contributed by atoms with Gasteiger partial charge >= 0.3 is 0 Å². The van der Waals surface area contributed by atoms with E-state index in [9.17, 15) is 0 Å². The molecule has 1 heterocycles. The van der Waals surface area contributed by atoms with E-state index in [1.165, 1.54) is 31.4 Å². The number of nitrogens with one attached hydrogen (secondary N) is 1. The first-order valence-corrected chi connectivity index (χ1v) is 6.28. The highest BCUT2D eigenvalue weighted by atomic mass is 16.3. The predicted molar refractivity (Wildman–Crippen MR) is 65.2 cm³/mol. The highest BCUT2D eigenvalue weighted by molar-refractivity contribution is 5.12. The third kappa shape index (κ3) is 3.09. The summed E-state index contributed by atoms with van der Waals surface area (Å²) < 4.78 is 5.59. The second-order valence-electron chi connectivity index (χ2n) is 4.65. The standard InChI is InChI=1S/C13H22N2O/c1-3-6-15(12-4-5-12)9-13-7-11(8-14-2)10-16-13/h7,10,12,14H,3-6,8-9H2,1-2H3. The van der Waals surface area contributed by atoms with Gasteiger partial charge in [0.25, 0.3) is 0 Å². The quantitative estimate of drug-likeness (QED) is 0.767. The smallest absolute Gasteiger partial charge is 0.118 e. The lowest BCUT2D eigenvalue weighted by Gasteiger charge is -2.19. The molecule has 0 amide bonds. The Labute approximate surface area is 97.8 Å². The van der Waals surface area contributed by atoms with Gasteiger partial charge in [0.2, 0.25) is 0 Å². The number of furan rings is 1. The molecule has 3 heteroatoms. The second-order valence-corrected chi connectivity index (χ2v) is 4.65. The van der Waals surface area contributed by atoms with Gasteiger partial charge < -0.3 is 9.73 Å². The molecule has 16 heavy (non-hydrogen) atoms. The van der Waals surface area contributed by atoms with Gasteiger partial charge in [-0.2, -0.15) is 0 Å². The first-order valence-electron chi connectivity index (χ1n) is 6.28. The van der Waals surface area contributed by atoms with Crippen LogP contribution < -0.4 is 5.32 Å². The number of hydrogen-bond acceptors (Lipinski definition) is 3. The van der Waals surface area contributed by atoms with Crippen LogP contribution in [0.5, 0.6) is 0 Å². The van der Waals surface area contributed by atoms with E-state index in [1.54, 1.807) is 0 Å². The molecule has 0 bridgehead atoms. The van der Waals surface area contributed by atoms with Crippen molar-refractivity contribution in [2.45, 2.75) is 45.3 Å². The maximum Gasteiger partial charge on any atom is 0.118 e. The third-order valence-electron chi connectivity index (χ3n) is 3.02. The fraction of sp³-hybridized carbons (Fsp3) is 0.692. The van der Waals surface area contributed by atoms with Crippen molar-refractivity contribution in [3.63, 3.8) is 0 Å². The first-order chi connectivity index (χ1) is 7.83. The van der Waals surface area contributed by atoms with E-state index in [4.69, 9.17) is 4.42 Å². The molecule has 0 saturated heterocycles. The Hall–Kier alpha value is -0.800. The van der Waals surface area contributed by atoms with E-state index in [1.807, 2.05) is 13.3 Å². The topological polar surface area (TPSA) is 28.4 Å². The van der Waals surface area contributed by atoms with Crippen LogP contribution in [0, 0.1) is 0 Å². The minimum atomic E-state index is 0.817. The third-order valence-corrected chi connectivity index (χ3v) is 3.02. The van der Waals surface area contributed by atoms with Crippen LogP contribution in [-0.4, -0.2) is 24.5 Å². The van der Waals surface area contributed by atoms with Crippen LogP contribution in [0.3, 0.4) is 0 Å². The molecule has 0 aromatic carbocycles. The highest BCUT2D eigenvalue weighted by Crippen LogP contribution is 2.28. The van der Waals surface area contributed by atoms with Crippen LogP contribution in [0.4, 0.5) is 0 Å². The largest absolute Gasteiger partial charge is 0.468 e. The molecule has 1 aromatic rings. The van der Waals surface area contributed by atoms with Crippen LogP contribution in [0.2, 0.25) is 0 Å². The zero-order chi connectivity index (χ0) is 11.4. The summed E-state index contributed by atoms with van der Waals surface area (Å²) in [5.74, 6) is 1.10. The molecule has 0 atom stereocenters. The lowest BCUT2D eigenvalue weighted by Crippen LogP contribution is -2.26. The molecule has 0 unspecified atom stereocenters. The molecule has 1 aliphatic carbocycles. The molecule has 2 rings (SSSR count). The molecule has 1 aromatic heterocycles. The van der Waals surface area contributed by atoms with Crippen molar-refractivity contribution in [2.24, 2.45) is 0 Å². The van der Waals surface area contributed by atoms with Crippen LogP contribution in [0.25, 0.3) is 0 Å². The normalized spacial score (nSPS) is 15.9. The SMILES string of the molecule is CCCN(Cc1cc(CNC)co1)C1CC1. The van der Waals surface area contributed by atoms with Gasteiger partial charge in [0.05, 0.1) is 12.8 Å². The summed E-state index contributed by atoms with van der Waals surface area (Å²) in [5, 5.41) is 3.14. The minimum Gasteiger partial charge on any atom is -0.468 e. The Morgan fingerprint density at radius 1 is 1.50 bits per heavy atom. The zero-order valence-corrected chi connectivity index (χ0v) is 10.3. The fourth-order valence-electron chi connectivity index (χ4n) is 2.12. The maximum absolute atomic E-state index is 5.59. The highest BCUT2D eigenvalue weighted by Gasteiger charge is 2.28. The van der Waals surface area contributed by atoms with E-state index < -0.39 is 0 Å². The van der Waals surface area contributed by atoms with Crippen molar-refractivity contribution in [3.05, 3.63) is 23.7 Å². The summed E-state index contributed by atoms with van der Waals surface area (Å²) in [6, 6.07) is 2.99. The van der Waals surface area contributed by atoms with Crippen molar-refractivity contribution < 1.29 is 4.42 Å². The van der Waals surface area contributed by atoms with Crippen molar-refractivity contribution in [2.75, 3.05) is 13.6 Å². The fourth-order valence-corrected chi connectivity index (χ4v) is 2.12. The molecule has 1 N–H and O–H groups in total. The molecular weight excluding hydrogens is 200 g/mol. The lowest BCUT2D eigenvalue weighted by molar-refractivity contribution is 0.234. The van der Waals surface area contributed by atoms with Crippen molar-refractivity contribution in [1.29, 1.82) is 0 Å². The van der Waals surface area contributed by atoms with Crippen LogP contribution >= 0.6 is 0 Å². The van der Waals surface area contributed by atoms with Gasteiger partial charge in [-0.15, -0.1) is 0 Å². The van der Waals surface area contributed by atoms with Crippen molar-refractivity contribution >= 4 is 0 Å². The Morgan fingerprint density at radius 3 is 2.94 bits per heavy atom. The molecule has 0 aliphatic heterocycles. The lowest BCUT2D eigenvalue weighted by atomic mass is 10.3. The van der Waals surface area contributed by atoms with E-state index in [-0.39, 0.29) is 0 Å². The monoisotopic (exact) mass is 222 g/mol. The number of hydrogen-bond donors (Lipinski definition) is 1. The molecule has 1 fully saturated rings. The van der Waals surface area contributed by atoms with Gasteiger partial charge in [0.1, 0.15) is 5.76 Å². The number of rotatable bonds is 7. The van der Waals surface area contributed by atoms with Gasteiger partial charge in [0.15, 0.2) is 0 Å². The summed E-state index contributed by atoms with van der Waals surface area (Å²) in [4.78, 5) is 2.54. The van der Waals surface area contributed by atoms with E-state index in [0.29, 0.717) is 0 Å². The zero-order valence-electron chi connectivity index (χ0n) is 10.3. The second kappa shape index (κ2) is 5.51. The molecule has 0 spiro atoms. The van der Waals surface area contributed by atoms with Gasteiger partial charge in [-0.3, -0.25) is 4.90 Å². The van der Waals surface area contributed by atoms with Gasteiger partial charge in [0, 0.05) is 18.2 Å². The summed E-state index contributed by atoms with van der Waals surface area (Å²) in [6.45, 7) is 5.29. The van der Waals surface area contributed by atoms with Gasteiger partial charge in [-0.25, -0.2) is 0 Å². The van der Waals surface area contributed by atoms with Gasteiger partial charge in [-0.1, -0.05) is 6.92 Å². The predicted octanol–water partition coefficient (Wildman–Crippen LogP) is 2.37. The average molecular weight is 222 g/mol. The van der Waals surface area contributed by atoms with E-state index in [0.717, 1.165) is 24.9 Å². The molecular formula is C13H22N2O. The van der Waals surface area contributed by atoms with E-state index >= 15 is 0 Å². The summed E-state index contributed by atoms with van der Waals surface area (Å²) in [6.07, 6.45) is 5.82. The first kappa shape index (κ1) is 11.7. The van der Waals surface area contributed by atoms with Crippen LogP contribution in [-0.2, 0) is 13.1 Å². The number of nitrogens with zero attached hydrogens (tertiary/aromatic N) is 1. The molecule has 0 radical (unpaired) electrons. The average Bonchev–Trinajstić information content (AvgIpc) is 3.02. The molecule has 3 nitrogen and oxygen atoms in total. The van der Waals surface area contributed by atoms with Crippen LogP contribution in [0.1, 0.15) is 37.5 Å². The van der Waals surface area contributed by atoms with Crippen LogP contribution in [0.15, 0.2) is 16.7 Å². The van der Waals surface area contributed by atoms with Crippen molar-refractivity contribution in [1.82, 2.24) is 10.2 Å². The Balaban J connectivity index is 1.89. The van der Waals surface area contributed by atoms with Gasteiger partial charge in [-0.05, 0) is 38.9 Å². The van der Waals surface area contributed by atoms with Crippen molar-refractivity contribution in [3.8, 4) is 0 Å². The van der Waals surface area contributed by atoms with E-state index in [2.05, 4.69) is 23.2 Å². The maximum atomic E-state index is 5.59. The molecule has 1 saturated carbocycles. The summed E-state index contributed by atoms with van der Waals surface area (Å²) in [5.41, 5.74) is 1.24. The minimum absolute atomic E-state index is 0.817. The summed E-state index contributed by atoms with van der Waals surface area (Å²) in [7, 11) is 1.96. The Kier molecular flexibility index (Phi) is 4.02. The summed E-state index contributed by atoms with van der Waals surface area (Å²) >= 11 is 0. The Bertz CT molecular complexity index is 317. The molecule has 1 aliphatic rings. The Morgan fingerprint density at radius 2 is 2.31 bits per heavy atom.